The van der Waals surface area contributed by atoms with Gasteiger partial charge in [-0.3, -0.25) is 9.69 Å². The molecular formula is C26H32N6O2S. The van der Waals surface area contributed by atoms with Crippen molar-refractivity contribution in [2.45, 2.75) is 71.3 Å². The maximum absolute atomic E-state index is 13.1. The lowest BCUT2D eigenvalue weighted by atomic mass is 10.1. The van der Waals surface area contributed by atoms with Crippen molar-refractivity contribution in [3.05, 3.63) is 74.0 Å². The third kappa shape index (κ3) is 5.37. The summed E-state index contributed by atoms with van der Waals surface area (Å²) in [6.45, 7) is 6.89. The lowest BCUT2D eigenvalue weighted by Crippen LogP contribution is -2.33. The Kier molecular flexibility index (Phi) is 7.36. The molecule has 4 aromatic rings. The number of rotatable bonds is 10. The molecule has 1 aliphatic heterocycles. The van der Waals surface area contributed by atoms with E-state index in [-0.39, 0.29) is 17.7 Å². The molecule has 3 aromatic heterocycles. The Labute approximate surface area is 208 Å². The Balaban J connectivity index is 1.50. The second-order valence-corrected chi connectivity index (χ2v) is 10.3. The Morgan fingerprint density at radius 3 is 2.97 bits per heavy atom. The third-order valence-corrected chi connectivity index (χ3v) is 7.60. The van der Waals surface area contributed by atoms with Crippen LogP contribution < -0.4 is 5.56 Å². The summed E-state index contributed by atoms with van der Waals surface area (Å²) in [4.78, 5) is 19.9. The van der Waals surface area contributed by atoms with E-state index in [1.807, 2.05) is 29.8 Å². The van der Waals surface area contributed by atoms with E-state index in [9.17, 15) is 4.79 Å². The van der Waals surface area contributed by atoms with Crippen LogP contribution in [-0.2, 0) is 24.4 Å². The van der Waals surface area contributed by atoms with Gasteiger partial charge in [0.2, 0.25) is 0 Å². The number of aromatic amines is 1. The zero-order chi connectivity index (χ0) is 24.2. The predicted molar refractivity (Wildman–Crippen MR) is 137 cm³/mol. The number of nitrogens with zero attached hydrogens (tertiary/aromatic N) is 5. The molecule has 35 heavy (non-hydrogen) atoms. The van der Waals surface area contributed by atoms with Gasteiger partial charge in [-0.1, -0.05) is 37.6 Å². The second-order valence-electron chi connectivity index (χ2n) is 9.31. The highest BCUT2D eigenvalue weighted by Gasteiger charge is 2.28. The van der Waals surface area contributed by atoms with E-state index < -0.39 is 0 Å². The van der Waals surface area contributed by atoms with Crippen LogP contribution >= 0.6 is 11.3 Å². The van der Waals surface area contributed by atoms with Crippen molar-refractivity contribution >= 4 is 22.2 Å². The number of fused-ring (bicyclic) bond motifs is 1. The van der Waals surface area contributed by atoms with Crippen molar-refractivity contribution < 1.29 is 4.74 Å². The molecule has 1 saturated heterocycles. The number of hydrogen-bond acceptors (Lipinski definition) is 7. The quantitative estimate of drug-likeness (QED) is 0.348. The van der Waals surface area contributed by atoms with Crippen LogP contribution in [0.25, 0.3) is 10.9 Å². The fourth-order valence-corrected chi connectivity index (χ4v) is 5.68. The first-order valence-corrected chi connectivity index (χ1v) is 13.3. The second kappa shape index (κ2) is 10.8. The summed E-state index contributed by atoms with van der Waals surface area (Å²) < 4.78 is 7.76. The molecule has 0 aliphatic carbocycles. The molecule has 0 saturated carbocycles. The van der Waals surface area contributed by atoms with Gasteiger partial charge in [-0.25, -0.2) is 4.68 Å². The molecule has 8 nitrogen and oxygen atoms in total. The highest BCUT2D eigenvalue weighted by Crippen LogP contribution is 2.29. The minimum Gasteiger partial charge on any atom is -0.376 e. The number of hydrogen-bond donors (Lipinski definition) is 1. The Bertz CT molecular complexity index is 1310. The van der Waals surface area contributed by atoms with Crippen LogP contribution in [0, 0.1) is 6.92 Å². The van der Waals surface area contributed by atoms with Gasteiger partial charge in [0, 0.05) is 30.1 Å². The predicted octanol–water partition coefficient (Wildman–Crippen LogP) is 4.61. The Morgan fingerprint density at radius 1 is 1.29 bits per heavy atom. The van der Waals surface area contributed by atoms with Crippen LogP contribution in [0.5, 0.6) is 0 Å². The van der Waals surface area contributed by atoms with E-state index in [2.05, 4.69) is 55.9 Å². The Hall–Kier alpha value is -2.88. The zero-order valence-electron chi connectivity index (χ0n) is 20.3. The van der Waals surface area contributed by atoms with E-state index >= 15 is 0 Å². The average molecular weight is 493 g/mol. The molecule has 5 rings (SSSR count). The van der Waals surface area contributed by atoms with Gasteiger partial charge in [-0.15, -0.1) is 16.4 Å². The maximum atomic E-state index is 13.1. The molecule has 2 atom stereocenters. The number of aromatic nitrogens is 5. The number of H-pyrrole nitrogens is 1. The number of benzene rings is 1. The number of thiophene rings is 1. The lowest BCUT2D eigenvalue weighted by molar-refractivity contribution is 0.0885. The van der Waals surface area contributed by atoms with Crippen molar-refractivity contribution in [2.75, 3.05) is 6.61 Å². The van der Waals surface area contributed by atoms with Crippen molar-refractivity contribution in [1.29, 1.82) is 0 Å². The summed E-state index contributed by atoms with van der Waals surface area (Å²) in [5.74, 6) is 0.840. The van der Waals surface area contributed by atoms with Gasteiger partial charge >= 0.3 is 0 Å². The molecule has 1 N–H and O–H groups in total. The topological polar surface area (TPSA) is 88.9 Å². The summed E-state index contributed by atoms with van der Waals surface area (Å²) in [6.07, 6.45) is 4.13. The van der Waals surface area contributed by atoms with Crippen LogP contribution in [0.3, 0.4) is 0 Å². The monoisotopic (exact) mass is 492 g/mol. The number of nitrogens with one attached hydrogen (secondary N) is 1. The zero-order valence-corrected chi connectivity index (χ0v) is 21.1. The molecule has 1 aliphatic rings. The van der Waals surface area contributed by atoms with Gasteiger partial charge in [0.05, 0.1) is 24.2 Å². The first-order chi connectivity index (χ1) is 17.1. The van der Waals surface area contributed by atoms with E-state index in [0.29, 0.717) is 13.1 Å². The number of aryl methyl sites for hydroxylation is 1. The van der Waals surface area contributed by atoms with E-state index in [1.165, 1.54) is 4.88 Å². The molecule has 1 aromatic carbocycles. The third-order valence-electron chi connectivity index (χ3n) is 6.74. The van der Waals surface area contributed by atoms with Crippen LogP contribution in [-0.4, -0.2) is 42.8 Å². The van der Waals surface area contributed by atoms with Gasteiger partial charge in [0.1, 0.15) is 0 Å². The van der Waals surface area contributed by atoms with Gasteiger partial charge in [-0.2, -0.15) is 0 Å². The van der Waals surface area contributed by atoms with Gasteiger partial charge in [0.25, 0.3) is 5.56 Å². The molecule has 1 fully saturated rings. The number of pyridine rings is 1. The first-order valence-electron chi connectivity index (χ1n) is 12.4. The highest BCUT2D eigenvalue weighted by molar-refractivity contribution is 7.09. The number of tetrazole rings is 1. The fourth-order valence-electron chi connectivity index (χ4n) is 4.95. The van der Waals surface area contributed by atoms with Crippen molar-refractivity contribution in [3.8, 4) is 0 Å². The molecule has 0 unspecified atom stereocenters. The largest absolute Gasteiger partial charge is 0.376 e. The maximum Gasteiger partial charge on any atom is 0.252 e. The summed E-state index contributed by atoms with van der Waals surface area (Å²) in [5.41, 5.74) is 2.67. The molecule has 4 heterocycles. The summed E-state index contributed by atoms with van der Waals surface area (Å²) in [7, 11) is 0. The van der Waals surface area contributed by atoms with E-state index in [4.69, 9.17) is 4.74 Å². The average Bonchev–Trinajstić information content (AvgIpc) is 3.63. The minimum absolute atomic E-state index is 0.0221. The normalized spacial score (nSPS) is 16.9. The summed E-state index contributed by atoms with van der Waals surface area (Å²) in [6, 6.07) is 12.3. The van der Waals surface area contributed by atoms with Crippen molar-refractivity contribution in [3.63, 3.8) is 0 Å². The smallest absolute Gasteiger partial charge is 0.252 e. The standard InChI is InChI=1S/C26H32N6O2S/c1-3-7-23(25-28-29-30-32(25)16-21-10-5-12-34-21)31(17-22-11-6-13-35-22)15-20-14-19-9-4-8-18(2)24(19)27-26(20)33/h4,6,8-9,11,13-14,21,23H,3,5,7,10,12,15-17H2,1-2H3,(H,27,33)/t21-,23+/m1/s1. The molecule has 0 amide bonds. The van der Waals surface area contributed by atoms with Gasteiger partial charge in [0.15, 0.2) is 5.82 Å². The Morgan fingerprint density at radius 2 is 2.20 bits per heavy atom. The van der Waals surface area contributed by atoms with Crippen LogP contribution in [0.1, 0.15) is 60.5 Å². The van der Waals surface area contributed by atoms with Crippen molar-refractivity contribution in [1.82, 2.24) is 30.1 Å². The van der Waals surface area contributed by atoms with Gasteiger partial charge in [-0.05, 0) is 65.1 Å². The van der Waals surface area contributed by atoms with Crippen LogP contribution in [0.15, 0.2) is 46.6 Å². The molecular weight excluding hydrogens is 460 g/mol. The number of para-hydroxylation sites is 1. The lowest BCUT2D eigenvalue weighted by Gasteiger charge is -2.30. The van der Waals surface area contributed by atoms with E-state index in [1.54, 1.807) is 11.3 Å². The molecule has 184 valence electrons. The summed E-state index contributed by atoms with van der Waals surface area (Å²) in [5, 5.41) is 16.0. The fraction of sp³-hybridized carbons (Fsp3) is 0.462. The van der Waals surface area contributed by atoms with Crippen LogP contribution in [0.2, 0.25) is 0 Å². The molecule has 0 radical (unpaired) electrons. The number of ether oxygens (including phenoxy) is 1. The molecule has 9 heteroatoms. The van der Waals surface area contributed by atoms with E-state index in [0.717, 1.165) is 66.7 Å². The van der Waals surface area contributed by atoms with Crippen molar-refractivity contribution in [2.24, 2.45) is 0 Å². The first kappa shape index (κ1) is 23.8. The molecule has 0 spiro atoms. The summed E-state index contributed by atoms with van der Waals surface area (Å²) >= 11 is 1.73. The highest BCUT2D eigenvalue weighted by atomic mass is 32.1. The SMILES string of the molecule is CCC[C@@H](c1nnnn1C[C@H]1CCCO1)N(Cc1cccs1)Cc1cc2cccc(C)c2[nH]c1=O. The minimum atomic E-state index is -0.0443. The van der Waals surface area contributed by atoms with Gasteiger partial charge < -0.3 is 9.72 Å². The van der Waals surface area contributed by atoms with Crippen LogP contribution in [0.4, 0.5) is 0 Å². The molecule has 0 bridgehead atoms.